The molecule has 1 saturated carbocycles. The number of benzene rings is 2. The monoisotopic (exact) mass is 449 g/mol. The van der Waals surface area contributed by atoms with E-state index in [-0.39, 0.29) is 11.3 Å². The van der Waals surface area contributed by atoms with Gasteiger partial charge in [0, 0.05) is 24.8 Å². The molecule has 0 radical (unpaired) electrons. The standard InChI is InChI=1S/C26H31N3O4/c1-4-18-33-24(31)29-26(27-2)16-14-25(15-17-26,20-10-6-5-7-11-20)19-28-23(30)21-12-8-9-13-22(21)32-3/h5-13H,4,14-19H2,1,3H3,(H,28,30)(H,29,31). The van der Waals surface area contributed by atoms with Crippen LogP contribution in [0.15, 0.2) is 54.6 Å². The fourth-order valence-corrected chi connectivity index (χ4v) is 4.36. The van der Waals surface area contributed by atoms with Crippen molar-refractivity contribution in [2.75, 3.05) is 20.3 Å². The molecule has 0 atom stereocenters. The molecule has 1 aliphatic carbocycles. The zero-order valence-electron chi connectivity index (χ0n) is 19.2. The summed E-state index contributed by atoms with van der Waals surface area (Å²) >= 11 is 0. The first kappa shape index (κ1) is 24.1. The summed E-state index contributed by atoms with van der Waals surface area (Å²) < 4.78 is 10.5. The summed E-state index contributed by atoms with van der Waals surface area (Å²) in [7, 11) is 1.54. The van der Waals surface area contributed by atoms with Crippen molar-refractivity contribution < 1.29 is 19.1 Å². The predicted molar refractivity (Wildman–Crippen MR) is 126 cm³/mol. The molecular weight excluding hydrogens is 418 g/mol. The van der Waals surface area contributed by atoms with Crippen LogP contribution in [0.2, 0.25) is 0 Å². The zero-order valence-corrected chi connectivity index (χ0v) is 19.2. The summed E-state index contributed by atoms with van der Waals surface area (Å²) in [5, 5.41) is 5.88. The van der Waals surface area contributed by atoms with Gasteiger partial charge < -0.3 is 14.8 Å². The molecular formula is C26H31N3O4. The van der Waals surface area contributed by atoms with E-state index in [0.717, 1.165) is 12.0 Å². The molecule has 0 aromatic heterocycles. The summed E-state index contributed by atoms with van der Waals surface area (Å²) in [6.07, 6.45) is 2.39. The van der Waals surface area contributed by atoms with Crippen LogP contribution in [0.25, 0.3) is 4.85 Å². The summed E-state index contributed by atoms with van der Waals surface area (Å²) in [6.45, 7) is 10.4. The minimum atomic E-state index is -0.990. The van der Waals surface area contributed by atoms with Crippen LogP contribution in [-0.2, 0) is 10.2 Å². The van der Waals surface area contributed by atoms with Crippen molar-refractivity contribution in [3.8, 4) is 5.75 Å². The van der Waals surface area contributed by atoms with E-state index in [9.17, 15) is 9.59 Å². The summed E-state index contributed by atoms with van der Waals surface area (Å²) in [6, 6.07) is 17.2. The molecule has 7 heteroatoms. The Hall–Kier alpha value is -3.53. The Kier molecular flexibility index (Phi) is 7.94. The highest BCUT2D eigenvalue weighted by Gasteiger charge is 2.49. The minimum absolute atomic E-state index is 0.203. The normalized spacial score (nSPS) is 22.0. The van der Waals surface area contributed by atoms with E-state index in [1.165, 1.54) is 0 Å². The molecule has 0 unspecified atom stereocenters. The molecule has 0 bridgehead atoms. The van der Waals surface area contributed by atoms with E-state index >= 15 is 0 Å². The first-order valence-corrected chi connectivity index (χ1v) is 11.3. The van der Waals surface area contributed by atoms with Gasteiger partial charge in [-0.1, -0.05) is 49.4 Å². The van der Waals surface area contributed by atoms with Crippen LogP contribution < -0.4 is 15.4 Å². The average Bonchev–Trinajstić information content (AvgIpc) is 2.87. The summed E-state index contributed by atoms with van der Waals surface area (Å²) in [4.78, 5) is 28.9. The van der Waals surface area contributed by atoms with Crippen LogP contribution >= 0.6 is 0 Å². The highest BCUT2D eigenvalue weighted by Crippen LogP contribution is 2.43. The predicted octanol–water partition coefficient (Wildman–Crippen LogP) is 4.69. The first-order chi connectivity index (χ1) is 16.0. The number of rotatable bonds is 8. The minimum Gasteiger partial charge on any atom is -0.496 e. The molecule has 2 aromatic carbocycles. The molecule has 7 nitrogen and oxygen atoms in total. The third-order valence-electron chi connectivity index (χ3n) is 6.35. The van der Waals surface area contributed by atoms with Gasteiger partial charge in [0.25, 0.3) is 5.91 Å². The number of hydrogen-bond acceptors (Lipinski definition) is 4. The van der Waals surface area contributed by atoms with Gasteiger partial charge in [-0.3, -0.25) is 9.64 Å². The second-order valence-electron chi connectivity index (χ2n) is 8.43. The van der Waals surface area contributed by atoms with Crippen molar-refractivity contribution in [3.05, 3.63) is 77.1 Å². The van der Waals surface area contributed by atoms with Gasteiger partial charge >= 0.3 is 11.8 Å². The lowest BCUT2D eigenvalue weighted by atomic mass is 9.66. The lowest BCUT2D eigenvalue weighted by Crippen LogP contribution is -2.53. The lowest BCUT2D eigenvalue weighted by Gasteiger charge is -2.41. The van der Waals surface area contributed by atoms with E-state index in [1.54, 1.807) is 25.3 Å². The Balaban J connectivity index is 1.77. The van der Waals surface area contributed by atoms with Crippen molar-refractivity contribution in [2.45, 2.75) is 50.1 Å². The zero-order chi connectivity index (χ0) is 23.7. The number of amides is 2. The smallest absolute Gasteiger partial charge is 0.413 e. The van der Waals surface area contributed by atoms with Crippen molar-refractivity contribution in [2.24, 2.45) is 0 Å². The summed E-state index contributed by atoms with van der Waals surface area (Å²) in [5.41, 5.74) is 0.255. The van der Waals surface area contributed by atoms with Crippen LogP contribution in [0, 0.1) is 6.57 Å². The highest BCUT2D eigenvalue weighted by molar-refractivity contribution is 5.97. The highest BCUT2D eigenvalue weighted by atomic mass is 16.5. The number of hydrogen-bond donors (Lipinski definition) is 2. The molecule has 174 valence electrons. The molecule has 2 aromatic rings. The number of ether oxygens (including phenoxy) is 2. The Morgan fingerprint density at radius 1 is 1.03 bits per heavy atom. The third-order valence-corrected chi connectivity index (χ3v) is 6.35. The topological polar surface area (TPSA) is 81.0 Å². The van der Waals surface area contributed by atoms with Crippen LogP contribution in [0.3, 0.4) is 0 Å². The van der Waals surface area contributed by atoms with E-state index in [0.29, 0.717) is 50.1 Å². The number of para-hydroxylation sites is 1. The largest absolute Gasteiger partial charge is 0.496 e. The Bertz CT molecular complexity index is 992. The van der Waals surface area contributed by atoms with Gasteiger partial charge in [0.05, 0.1) is 19.3 Å². The molecule has 1 aliphatic rings. The van der Waals surface area contributed by atoms with E-state index < -0.39 is 11.8 Å². The van der Waals surface area contributed by atoms with E-state index in [4.69, 9.17) is 16.0 Å². The van der Waals surface area contributed by atoms with Crippen molar-refractivity contribution in [1.29, 1.82) is 0 Å². The van der Waals surface area contributed by atoms with Crippen molar-refractivity contribution >= 4 is 12.0 Å². The number of methoxy groups -OCH3 is 1. The van der Waals surface area contributed by atoms with Gasteiger partial charge in [0.15, 0.2) is 0 Å². The maximum atomic E-state index is 13.0. The van der Waals surface area contributed by atoms with Gasteiger partial charge in [-0.15, -0.1) is 0 Å². The fourth-order valence-electron chi connectivity index (χ4n) is 4.36. The van der Waals surface area contributed by atoms with Crippen molar-refractivity contribution in [3.63, 3.8) is 0 Å². The lowest BCUT2D eigenvalue weighted by molar-refractivity contribution is 0.0924. The van der Waals surface area contributed by atoms with Crippen LogP contribution in [0.4, 0.5) is 4.79 Å². The SMILES string of the molecule is [C-]#[N+]C1(NC(=O)OCCC)CCC(CNC(=O)c2ccccc2OC)(c2ccccc2)CC1. The molecule has 33 heavy (non-hydrogen) atoms. The second kappa shape index (κ2) is 10.9. The maximum absolute atomic E-state index is 13.0. The third kappa shape index (κ3) is 5.64. The van der Waals surface area contributed by atoms with Crippen LogP contribution in [-0.4, -0.2) is 37.9 Å². The molecule has 0 saturated heterocycles. The second-order valence-corrected chi connectivity index (χ2v) is 8.43. The van der Waals surface area contributed by atoms with Gasteiger partial charge in [0.1, 0.15) is 5.75 Å². The number of nitrogens with one attached hydrogen (secondary N) is 2. The number of nitrogens with zero attached hydrogens (tertiary/aromatic N) is 1. The molecule has 2 N–H and O–H groups in total. The summed E-state index contributed by atoms with van der Waals surface area (Å²) in [5.74, 6) is 0.320. The molecule has 0 spiro atoms. The van der Waals surface area contributed by atoms with Crippen LogP contribution in [0.1, 0.15) is 54.9 Å². The van der Waals surface area contributed by atoms with Gasteiger partial charge in [-0.05, 0) is 37.0 Å². The van der Waals surface area contributed by atoms with E-state index in [1.807, 2.05) is 31.2 Å². The van der Waals surface area contributed by atoms with E-state index in [2.05, 4.69) is 27.6 Å². The fraction of sp³-hybridized carbons (Fsp3) is 0.423. The van der Waals surface area contributed by atoms with Gasteiger partial charge in [-0.2, -0.15) is 0 Å². The van der Waals surface area contributed by atoms with Gasteiger partial charge in [0.2, 0.25) is 0 Å². The molecule has 3 rings (SSSR count). The van der Waals surface area contributed by atoms with Gasteiger partial charge in [-0.25, -0.2) is 16.7 Å². The molecule has 1 fully saturated rings. The maximum Gasteiger partial charge on any atom is 0.413 e. The first-order valence-electron chi connectivity index (χ1n) is 11.3. The van der Waals surface area contributed by atoms with Crippen molar-refractivity contribution in [1.82, 2.24) is 10.6 Å². The quantitative estimate of drug-likeness (QED) is 0.573. The Morgan fingerprint density at radius 2 is 1.70 bits per heavy atom. The molecule has 2 amide bonds. The molecule has 0 heterocycles. The average molecular weight is 450 g/mol. The van der Waals surface area contributed by atoms with Crippen LogP contribution in [0.5, 0.6) is 5.75 Å². The molecule has 0 aliphatic heterocycles. The number of carbonyl (C=O) groups excluding carboxylic acids is 2. The Morgan fingerprint density at radius 3 is 2.33 bits per heavy atom. The number of carbonyl (C=O) groups is 2. The number of alkyl carbamates (subject to hydrolysis) is 1. The Labute approximate surface area is 195 Å².